The quantitative estimate of drug-likeness (QED) is 0.242. The fourth-order valence-corrected chi connectivity index (χ4v) is 5.31. The van der Waals surface area contributed by atoms with Gasteiger partial charge >= 0.3 is 0 Å². The van der Waals surface area contributed by atoms with Gasteiger partial charge < -0.3 is 10.3 Å². The monoisotopic (exact) mass is 517 g/mol. The van der Waals surface area contributed by atoms with Crippen molar-refractivity contribution in [2.75, 3.05) is 5.32 Å². The first kappa shape index (κ1) is 23.2. The van der Waals surface area contributed by atoms with Crippen molar-refractivity contribution >= 4 is 33.7 Å². The summed E-state index contributed by atoms with van der Waals surface area (Å²) in [6.07, 6.45) is 5.76. The van der Waals surface area contributed by atoms with Crippen molar-refractivity contribution in [2.24, 2.45) is 5.92 Å². The lowest BCUT2D eigenvalue weighted by Gasteiger charge is -2.11. The van der Waals surface area contributed by atoms with Crippen LogP contribution in [0.25, 0.3) is 56.1 Å². The van der Waals surface area contributed by atoms with E-state index in [1.807, 2.05) is 36.4 Å². The van der Waals surface area contributed by atoms with E-state index in [9.17, 15) is 9.18 Å². The zero-order chi connectivity index (χ0) is 26.3. The smallest absolute Gasteiger partial charge is 0.227 e. The number of rotatable bonds is 5. The highest BCUT2D eigenvalue weighted by Gasteiger charge is 2.23. The van der Waals surface area contributed by atoms with Gasteiger partial charge in [0.05, 0.1) is 16.7 Å². The number of anilines is 1. The van der Waals surface area contributed by atoms with Crippen LogP contribution in [0.2, 0.25) is 0 Å². The molecule has 0 bridgehead atoms. The number of halogens is 1. The molecule has 9 heteroatoms. The van der Waals surface area contributed by atoms with Crippen LogP contribution in [0.1, 0.15) is 25.7 Å². The summed E-state index contributed by atoms with van der Waals surface area (Å²) < 4.78 is 14.5. The highest BCUT2D eigenvalue weighted by Crippen LogP contribution is 2.32. The van der Waals surface area contributed by atoms with E-state index < -0.39 is 0 Å². The van der Waals surface area contributed by atoms with Gasteiger partial charge in [0, 0.05) is 28.9 Å². The maximum absolute atomic E-state index is 14.5. The molecule has 0 spiro atoms. The SMILES string of the molecule is O=C(Nc1cccc(-c2ccc3[nH]nc(-c4nc5c(-c6ccccc6F)nccc5[nH]4)c3n2)c1)C1CCCC1. The molecule has 0 saturated heterocycles. The summed E-state index contributed by atoms with van der Waals surface area (Å²) in [5.41, 5.74) is 6.44. The first-order valence-corrected chi connectivity index (χ1v) is 13.0. The molecule has 192 valence electrons. The number of fused-ring (bicyclic) bond motifs is 2. The van der Waals surface area contributed by atoms with Crippen molar-refractivity contribution in [3.05, 3.63) is 78.7 Å². The number of nitrogens with one attached hydrogen (secondary N) is 3. The van der Waals surface area contributed by atoms with E-state index in [-0.39, 0.29) is 17.6 Å². The second-order valence-electron chi connectivity index (χ2n) is 9.84. The molecule has 0 atom stereocenters. The molecule has 6 aromatic rings. The van der Waals surface area contributed by atoms with E-state index >= 15 is 0 Å². The highest BCUT2D eigenvalue weighted by atomic mass is 19.1. The van der Waals surface area contributed by atoms with Crippen molar-refractivity contribution < 1.29 is 9.18 Å². The molecule has 1 amide bonds. The Labute approximate surface area is 222 Å². The summed E-state index contributed by atoms with van der Waals surface area (Å²) in [4.78, 5) is 30.0. The molecule has 1 fully saturated rings. The largest absolute Gasteiger partial charge is 0.336 e. The van der Waals surface area contributed by atoms with Gasteiger partial charge in [-0.1, -0.05) is 37.1 Å². The van der Waals surface area contributed by atoms with Crippen molar-refractivity contribution in [3.8, 4) is 34.0 Å². The number of carbonyl (C=O) groups is 1. The Morgan fingerprint density at radius 3 is 2.62 bits per heavy atom. The fourth-order valence-electron chi connectivity index (χ4n) is 5.31. The summed E-state index contributed by atoms with van der Waals surface area (Å²) in [5, 5.41) is 10.6. The Kier molecular flexibility index (Phi) is 5.61. The van der Waals surface area contributed by atoms with Gasteiger partial charge in [0.25, 0.3) is 0 Å². The van der Waals surface area contributed by atoms with E-state index in [4.69, 9.17) is 9.97 Å². The molecule has 0 aliphatic heterocycles. The Morgan fingerprint density at radius 2 is 1.74 bits per heavy atom. The lowest BCUT2D eigenvalue weighted by molar-refractivity contribution is -0.119. The number of pyridine rings is 2. The third-order valence-corrected chi connectivity index (χ3v) is 7.31. The second-order valence-corrected chi connectivity index (χ2v) is 9.84. The average molecular weight is 518 g/mol. The van der Waals surface area contributed by atoms with Crippen LogP contribution < -0.4 is 5.32 Å². The van der Waals surface area contributed by atoms with E-state index in [0.717, 1.165) is 53.7 Å². The van der Waals surface area contributed by atoms with Crippen LogP contribution in [0.5, 0.6) is 0 Å². The van der Waals surface area contributed by atoms with Crippen molar-refractivity contribution in [1.29, 1.82) is 0 Å². The third kappa shape index (κ3) is 4.21. The summed E-state index contributed by atoms with van der Waals surface area (Å²) in [5.74, 6) is 0.318. The number of imidazole rings is 1. The van der Waals surface area contributed by atoms with Gasteiger partial charge in [-0.15, -0.1) is 0 Å². The van der Waals surface area contributed by atoms with Crippen LogP contribution in [0.15, 0.2) is 72.9 Å². The molecule has 39 heavy (non-hydrogen) atoms. The molecule has 8 nitrogen and oxygen atoms in total. The summed E-state index contributed by atoms with van der Waals surface area (Å²) in [6, 6.07) is 19.9. The number of carbonyl (C=O) groups excluding carboxylic acids is 1. The molecule has 1 saturated carbocycles. The number of benzene rings is 2. The minimum atomic E-state index is -0.361. The maximum atomic E-state index is 14.5. The first-order chi connectivity index (χ1) is 19.1. The molecule has 3 N–H and O–H groups in total. The maximum Gasteiger partial charge on any atom is 0.227 e. The molecule has 7 rings (SSSR count). The average Bonchev–Trinajstić information content (AvgIpc) is 3.73. The molecule has 1 aliphatic carbocycles. The van der Waals surface area contributed by atoms with Gasteiger partial charge in [-0.2, -0.15) is 5.10 Å². The van der Waals surface area contributed by atoms with Gasteiger partial charge in [-0.05, 0) is 55.3 Å². The third-order valence-electron chi connectivity index (χ3n) is 7.31. The standard InChI is InChI=1S/C30H24FN7O/c31-21-11-4-3-10-20(21)25-26-23(14-15-32-25)35-29(36-26)28-27-24(37-38-28)13-12-22(34-27)18-8-5-9-19(16-18)33-30(39)17-6-1-2-7-17/h3-5,8-17H,1-2,6-7H2,(H,33,39)(H,35,36)(H,37,38). The number of aromatic nitrogens is 6. The number of amides is 1. The minimum Gasteiger partial charge on any atom is -0.336 e. The zero-order valence-corrected chi connectivity index (χ0v) is 20.9. The Hall–Kier alpha value is -4.92. The number of hydrogen-bond acceptors (Lipinski definition) is 5. The molecular weight excluding hydrogens is 493 g/mol. The van der Waals surface area contributed by atoms with Gasteiger partial charge in [0.1, 0.15) is 22.5 Å². The Morgan fingerprint density at radius 1 is 0.897 bits per heavy atom. The number of aromatic amines is 2. The summed E-state index contributed by atoms with van der Waals surface area (Å²) in [7, 11) is 0. The normalized spacial score (nSPS) is 13.9. The van der Waals surface area contributed by atoms with Crippen molar-refractivity contribution in [3.63, 3.8) is 0 Å². The van der Waals surface area contributed by atoms with Crippen LogP contribution >= 0.6 is 0 Å². The lowest BCUT2D eigenvalue weighted by Crippen LogP contribution is -2.20. The predicted molar refractivity (Wildman–Crippen MR) is 148 cm³/mol. The lowest BCUT2D eigenvalue weighted by atomic mass is 10.1. The predicted octanol–water partition coefficient (Wildman–Crippen LogP) is 6.50. The molecule has 0 radical (unpaired) electrons. The number of H-pyrrole nitrogens is 2. The first-order valence-electron chi connectivity index (χ1n) is 13.0. The molecule has 1 aliphatic rings. The molecule has 0 unspecified atom stereocenters. The summed E-state index contributed by atoms with van der Waals surface area (Å²) >= 11 is 0. The topological polar surface area (TPSA) is 112 Å². The minimum absolute atomic E-state index is 0.0827. The van der Waals surface area contributed by atoms with Gasteiger partial charge in [0.15, 0.2) is 11.5 Å². The van der Waals surface area contributed by atoms with Crippen LogP contribution in [0.4, 0.5) is 10.1 Å². The van der Waals surface area contributed by atoms with Crippen LogP contribution in [0.3, 0.4) is 0 Å². The fraction of sp³-hybridized carbons (Fsp3) is 0.167. The number of nitrogens with zero attached hydrogens (tertiary/aromatic N) is 4. The molecule has 4 heterocycles. The van der Waals surface area contributed by atoms with Gasteiger partial charge in [-0.3, -0.25) is 14.9 Å². The van der Waals surface area contributed by atoms with Gasteiger partial charge in [0.2, 0.25) is 5.91 Å². The Balaban J connectivity index is 1.25. The van der Waals surface area contributed by atoms with Crippen molar-refractivity contribution in [2.45, 2.75) is 25.7 Å². The van der Waals surface area contributed by atoms with E-state index in [2.05, 4.69) is 25.5 Å². The number of hydrogen-bond donors (Lipinski definition) is 3. The second kappa shape index (κ2) is 9.43. The van der Waals surface area contributed by atoms with E-state index in [1.54, 1.807) is 30.5 Å². The molecule has 4 aromatic heterocycles. The van der Waals surface area contributed by atoms with Crippen LogP contribution in [-0.2, 0) is 4.79 Å². The van der Waals surface area contributed by atoms with Crippen molar-refractivity contribution in [1.82, 2.24) is 30.1 Å². The van der Waals surface area contributed by atoms with Gasteiger partial charge in [-0.25, -0.2) is 14.4 Å². The molecular formula is C30H24FN7O. The zero-order valence-electron chi connectivity index (χ0n) is 20.9. The Bertz CT molecular complexity index is 1850. The van der Waals surface area contributed by atoms with E-state index in [0.29, 0.717) is 33.8 Å². The molecule has 2 aromatic carbocycles. The van der Waals surface area contributed by atoms with Crippen LogP contribution in [-0.4, -0.2) is 36.0 Å². The van der Waals surface area contributed by atoms with Crippen LogP contribution in [0, 0.1) is 11.7 Å². The highest BCUT2D eigenvalue weighted by molar-refractivity contribution is 5.96. The van der Waals surface area contributed by atoms with E-state index in [1.165, 1.54) is 6.07 Å². The summed E-state index contributed by atoms with van der Waals surface area (Å²) in [6.45, 7) is 0.